The van der Waals surface area contributed by atoms with Gasteiger partial charge in [0.2, 0.25) is 0 Å². The van der Waals surface area contributed by atoms with E-state index in [1.54, 1.807) is 0 Å². The van der Waals surface area contributed by atoms with Crippen molar-refractivity contribution in [3.63, 3.8) is 0 Å². The van der Waals surface area contributed by atoms with Gasteiger partial charge in [0.05, 0.1) is 0 Å². The van der Waals surface area contributed by atoms with Crippen LogP contribution in [0, 0.1) is 22.9 Å². The molecule has 0 aromatic rings. The van der Waals surface area contributed by atoms with Crippen LogP contribution in [0.5, 0.6) is 0 Å². The molecule has 0 aromatic heterocycles. The van der Waals surface area contributed by atoms with Gasteiger partial charge in [-0.3, -0.25) is 0 Å². The molecule has 0 aliphatic rings. The summed E-state index contributed by atoms with van der Waals surface area (Å²) in [6, 6.07) is 0. The molecule has 5 heteroatoms. The molecule has 0 heterocycles. The fourth-order valence-electron chi connectivity index (χ4n) is 0. The molecule has 4 N–H and O–H groups in total. The van der Waals surface area contributed by atoms with E-state index >= 15 is 0 Å². The van der Waals surface area contributed by atoms with Gasteiger partial charge in [-0.2, -0.15) is 10.5 Å². The molecule has 0 amide bonds. The van der Waals surface area contributed by atoms with Gasteiger partial charge in [0, 0.05) is 0 Å². The topological polar surface area (TPSA) is 99.6 Å². The molecule has 0 aliphatic carbocycles. The summed E-state index contributed by atoms with van der Waals surface area (Å²) in [5.74, 6) is 0. The zero-order chi connectivity index (χ0) is 5.41. The Balaban J connectivity index is -0.0000000400. The first-order chi connectivity index (χ1) is 2.83. The first-order valence-corrected chi connectivity index (χ1v) is 1.02. The maximum Gasteiger partial charge on any atom is 2.00 e. The van der Waals surface area contributed by atoms with Crippen LogP contribution in [0.1, 0.15) is 0 Å². The summed E-state index contributed by atoms with van der Waals surface area (Å²) < 4.78 is 0. The van der Waals surface area contributed by atoms with E-state index < -0.39 is 0 Å². The molecule has 0 aromatic carbocycles. The third-order valence-electron chi connectivity index (χ3n) is 0. The van der Waals surface area contributed by atoms with Crippen molar-refractivity contribution in [2.75, 3.05) is 0 Å². The maximum absolute atomic E-state index is 7.10. The second kappa shape index (κ2) is 40.4. The smallest absolute Gasteiger partial charge is 0.337 e. The third-order valence-corrected chi connectivity index (χ3v) is 0. The van der Waals surface area contributed by atoms with Crippen LogP contribution in [0.2, 0.25) is 0 Å². The van der Waals surface area contributed by atoms with Gasteiger partial charge < -0.3 is 11.5 Å². The minimum Gasteiger partial charge on any atom is -0.337 e. The quantitative estimate of drug-likeness (QED) is 0.232. The SMILES string of the molecule is N#CN.N#CN.[Ca+2]. The fraction of sp³-hybridized carbons (Fsp3) is 0. The molecule has 0 saturated carbocycles. The number of nitrogens with two attached hydrogens (primary N) is 2. The zero-order valence-electron chi connectivity index (χ0n) is 3.76. The molecule has 0 radical (unpaired) electrons. The van der Waals surface area contributed by atoms with Crippen molar-refractivity contribution in [2.24, 2.45) is 11.5 Å². The van der Waals surface area contributed by atoms with E-state index in [1.807, 2.05) is 0 Å². The Labute approximate surface area is 71.7 Å². The monoisotopic (exact) mass is 124 g/mol. The van der Waals surface area contributed by atoms with Gasteiger partial charge in [-0.05, 0) is 0 Å². The molecular weight excluding hydrogens is 120 g/mol. The van der Waals surface area contributed by atoms with E-state index in [-0.39, 0.29) is 37.7 Å². The Morgan fingerprint density at radius 2 is 1.00 bits per heavy atom. The second-order valence-corrected chi connectivity index (χ2v) is 0.258. The van der Waals surface area contributed by atoms with Gasteiger partial charge >= 0.3 is 37.7 Å². The summed E-state index contributed by atoms with van der Waals surface area (Å²) in [5, 5.41) is 14.2. The van der Waals surface area contributed by atoms with E-state index in [4.69, 9.17) is 10.5 Å². The molecule has 7 heavy (non-hydrogen) atoms. The van der Waals surface area contributed by atoms with Gasteiger partial charge in [-0.15, -0.1) is 0 Å². The fourth-order valence-corrected chi connectivity index (χ4v) is 0. The maximum atomic E-state index is 7.10. The molecule has 0 unspecified atom stereocenters. The largest absolute Gasteiger partial charge is 2.00 e. The number of hydrogen-bond donors (Lipinski definition) is 2. The summed E-state index contributed by atoms with van der Waals surface area (Å²) in [5.41, 5.74) is 8.31. The summed E-state index contributed by atoms with van der Waals surface area (Å²) >= 11 is 0. The van der Waals surface area contributed by atoms with E-state index in [1.165, 1.54) is 12.4 Å². The van der Waals surface area contributed by atoms with E-state index in [9.17, 15) is 0 Å². The van der Waals surface area contributed by atoms with Crippen molar-refractivity contribution in [3.8, 4) is 12.4 Å². The predicted octanol–water partition coefficient (Wildman–Crippen LogP) is -1.53. The molecule has 0 aliphatic heterocycles. The zero-order valence-corrected chi connectivity index (χ0v) is 5.96. The summed E-state index contributed by atoms with van der Waals surface area (Å²) in [7, 11) is 0. The van der Waals surface area contributed by atoms with Crippen LogP contribution >= 0.6 is 0 Å². The van der Waals surface area contributed by atoms with Crippen molar-refractivity contribution in [2.45, 2.75) is 0 Å². The number of hydrogen-bond acceptors (Lipinski definition) is 4. The van der Waals surface area contributed by atoms with Crippen molar-refractivity contribution in [1.82, 2.24) is 0 Å². The number of nitriles is 2. The number of rotatable bonds is 0. The summed E-state index contributed by atoms with van der Waals surface area (Å²) in [6.07, 6.45) is 2.50. The van der Waals surface area contributed by atoms with E-state index in [0.717, 1.165) is 0 Å². The minimum absolute atomic E-state index is 0. The Bertz CT molecular complexity index is 64.7. The van der Waals surface area contributed by atoms with Crippen LogP contribution in [0.4, 0.5) is 0 Å². The predicted molar refractivity (Wildman–Crippen MR) is 25.4 cm³/mol. The first kappa shape index (κ1) is 15.8. The van der Waals surface area contributed by atoms with Crippen molar-refractivity contribution in [1.29, 1.82) is 10.5 Å². The molecule has 0 saturated heterocycles. The first-order valence-electron chi connectivity index (χ1n) is 1.02. The molecule has 0 spiro atoms. The Morgan fingerprint density at radius 3 is 1.00 bits per heavy atom. The molecule has 0 bridgehead atoms. The normalized spacial score (nSPS) is 2.00. The average molecular weight is 124 g/mol. The van der Waals surface area contributed by atoms with Gasteiger partial charge in [0.1, 0.15) is 0 Å². The Kier molecular flexibility index (Phi) is 91.3. The van der Waals surface area contributed by atoms with Gasteiger partial charge in [0.25, 0.3) is 0 Å². The van der Waals surface area contributed by atoms with Crippen molar-refractivity contribution < 1.29 is 0 Å². The molecule has 4 nitrogen and oxygen atoms in total. The molecular formula is C2H4CaN4+2. The molecule has 0 rings (SSSR count). The van der Waals surface area contributed by atoms with Crippen molar-refractivity contribution in [3.05, 3.63) is 0 Å². The van der Waals surface area contributed by atoms with E-state index in [2.05, 4.69) is 11.5 Å². The Morgan fingerprint density at radius 1 is 1.00 bits per heavy atom. The second-order valence-electron chi connectivity index (χ2n) is 0.258. The third kappa shape index (κ3) is 3350. The minimum atomic E-state index is 0. The summed E-state index contributed by atoms with van der Waals surface area (Å²) in [4.78, 5) is 0. The van der Waals surface area contributed by atoms with Crippen LogP contribution in [0.15, 0.2) is 0 Å². The van der Waals surface area contributed by atoms with Crippen LogP contribution in [0.25, 0.3) is 0 Å². The molecule has 32 valence electrons. The van der Waals surface area contributed by atoms with E-state index in [0.29, 0.717) is 0 Å². The van der Waals surface area contributed by atoms with Gasteiger partial charge in [-0.1, -0.05) is 0 Å². The number of nitrogens with zero attached hydrogens (tertiary/aromatic N) is 2. The Hall–Kier alpha value is -0.160. The van der Waals surface area contributed by atoms with Crippen LogP contribution in [-0.2, 0) is 0 Å². The van der Waals surface area contributed by atoms with Gasteiger partial charge in [-0.25, -0.2) is 0 Å². The van der Waals surface area contributed by atoms with Crippen LogP contribution in [0.3, 0.4) is 0 Å². The summed E-state index contributed by atoms with van der Waals surface area (Å²) in [6.45, 7) is 0. The van der Waals surface area contributed by atoms with Crippen molar-refractivity contribution >= 4 is 37.7 Å². The standard InChI is InChI=1S/2CH2N2.Ca/c2*2-1-3;/h2*2H2;/q;;+2. The average Bonchev–Trinajstić information content (AvgIpc) is 1.39. The van der Waals surface area contributed by atoms with Gasteiger partial charge in [0.15, 0.2) is 12.4 Å². The van der Waals surface area contributed by atoms with Crippen LogP contribution in [-0.4, -0.2) is 37.7 Å². The molecule has 0 fully saturated rings. The van der Waals surface area contributed by atoms with Crippen LogP contribution < -0.4 is 11.5 Å². The molecule has 0 atom stereocenters.